The van der Waals surface area contributed by atoms with Crippen molar-refractivity contribution in [2.75, 3.05) is 7.11 Å². The van der Waals surface area contributed by atoms with Crippen molar-refractivity contribution in [3.8, 4) is 0 Å². The molecule has 3 saturated carbocycles. The highest BCUT2D eigenvalue weighted by molar-refractivity contribution is 5.82. The minimum Gasteiger partial charge on any atom is -0.469 e. The van der Waals surface area contributed by atoms with Crippen LogP contribution >= 0.6 is 0 Å². The molecule has 0 aliphatic heterocycles. The van der Waals surface area contributed by atoms with Crippen molar-refractivity contribution >= 4 is 11.8 Å². The molecule has 162 valence electrons. The molecule has 4 rings (SSSR count). The summed E-state index contributed by atoms with van der Waals surface area (Å²) in [4.78, 5) is 23.6. The number of carbonyl (C=O) groups excluding carboxylic acids is 2. The number of rotatable bonds is 4. The molecule has 0 N–H and O–H groups in total. The number of hydrogen-bond acceptors (Lipinski definition) is 3. The van der Waals surface area contributed by atoms with Crippen LogP contribution in [0.3, 0.4) is 0 Å². The lowest BCUT2D eigenvalue weighted by molar-refractivity contribution is -0.141. The summed E-state index contributed by atoms with van der Waals surface area (Å²) in [5.41, 5.74) is 0.978. The van der Waals surface area contributed by atoms with Crippen LogP contribution in [0.5, 0.6) is 0 Å². The van der Waals surface area contributed by atoms with E-state index in [2.05, 4.69) is 20.8 Å². The van der Waals surface area contributed by atoms with Gasteiger partial charge in [-0.05, 0) is 84.5 Å². The smallest absolute Gasteiger partial charge is 0.305 e. The van der Waals surface area contributed by atoms with Crippen molar-refractivity contribution < 1.29 is 18.7 Å². The molecule has 3 nitrogen and oxygen atoms in total. The number of carbonyl (C=O) groups is 2. The summed E-state index contributed by atoms with van der Waals surface area (Å²) in [6, 6.07) is 0. The van der Waals surface area contributed by atoms with Crippen molar-refractivity contribution in [3.63, 3.8) is 0 Å². The molecule has 0 unspecified atom stereocenters. The number of halogens is 1. The molecule has 0 heterocycles. The van der Waals surface area contributed by atoms with Gasteiger partial charge in [-0.2, -0.15) is 0 Å². The fourth-order valence-electron chi connectivity index (χ4n) is 8.17. The Morgan fingerprint density at radius 3 is 2.69 bits per heavy atom. The molecule has 29 heavy (non-hydrogen) atoms. The molecule has 0 aromatic heterocycles. The molecule has 0 aromatic carbocycles. The van der Waals surface area contributed by atoms with Gasteiger partial charge in [0.25, 0.3) is 0 Å². The fourth-order valence-corrected chi connectivity index (χ4v) is 8.17. The Bertz CT molecular complexity index is 728. The van der Waals surface area contributed by atoms with Crippen molar-refractivity contribution in [1.29, 1.82) is 0 Å². The SMILES string of the molecule is COC(=O)CC[C@@H](C)[C@H]1CC[C@H]2[C@@H]3CC(F)=C4CC(=O)CC[C@]4(C)[C@H]3CC[C@]12C. The number of ether oxygens (including phenoxy) is 1. The normalized spacial score (nSPS) is 42.7. The zero-order valence-electron chi connectivity index (χ0n) is 18.6. The summed E-state index contributed by atoms with van der Waals surface area (Å²) >= 11 is 0. The summed E-state index contributed by atoms with van der Waals surface area (Å²) in [5, 5.41) is 0. The maximum atomic E-state index is 15.3. The molecule has 7 atom stereocenters. The van der Waals surface area contributed by atoms with E-state index in [1.807, 2.05) is 0 Å². The van der Waals surface area contributed by atoms with Crippen LogP contribution in [-0.4, -0.2) is 18.9 Å². The first-order chi connectivity index (χ1) is 13.7. The largest absolute Gasteiger partial charge is 0.469 e. The first-order valence-corrected chi connectivity index (χ1v) is 11.7. The number of Topliss-reactive ketones (excluding diaryl/α,β-unsaturated/α-hetero) is 1. The van der Waals surface area contributed by atoms with Crippen LogP contribution in [0.4, 0.5) is 4.39 Å². The lowest BCUT2D eigenvalue weighted by Gasteiger charge is -2.58. The maximum absolute atomic E-state index is 15.3. The Balaban J connectivity index is 1.56. The van der Waals surface area contributed by atoms with E-state index in [0.29, 0.717) is 55.3 Å². The summed E-state index contributed by atoms with van der Waals surface area (Å²) in [5.74, 6) is 2.72. The summed E-state index contributed by atoms with van der Waals surface area (Å²) in [6.45, 7) is 6.99. The van der Waals surface area contributed by atoms with E-state index in [9.17, 15) is 9.59 Å². The monoisotopic (exact) mass is 404 g/mol. The Labute approximate surface area is 174 Å². The Kier molecular flexibility index (Phi) is 5.44. The maximum Gasteiger partial charge on any atom is 0.305 e. The van der Waals surface area contributed by atoms with Gasteiger partial charge >= 0.3 is 5.97 Å². The minimum atomic E-state index is -0.118. The molecule has 4 heteroatoms. The number of esters is 1. The number of methoxy groups -OCH3 is 1. The molecule has 0 bridgehead atoms. The van der Waals surface area contributed by atoms with Crippen molar-refractivity contribution in [2.24, 2.45) is 40.4 Å². The summed E-state index contributed by atoms with van der Waals surface area (Å²) < 4.78 is 20.1. The number of allylic oxidation sites excluding steroid dienone is 2. The Morgan fingerprint density at radius 2 is 1.97 bits per heavy atom. The average Bonchev–Trinajstić information content (AvgIpc) is 3.05. The molecule has 0 amide bonds. The summed E-state index contributed by atoms with van der Waals surface area (Å²) in [6.07, 6.45) is 8.45. The van der Waals surface area contributed by atoms with E-state index in [0.717, 1.165) is 24.8 Å². The predicted octanol–water partition coefficient (Wildman–Crippen LogP) is 6.02. The standard InChI is InChI=1S/C25H37FO3/c1-15(5-8-23(28)29-4)18-6-7-19-17-14-22(26)21-13-16(27)9-11-25(21,3)20(17)10-12-24(18,19)2/h15,17-20H,5-14H2,1-4H3/t15-,17+,18-,19+,20+,24-,25-/m1/s1. The second kappa shape index (κ2) is 7.50. The molecule has 0 saturated heterocycles. The van der Waals surface area contributed by atoms with Crippen molar-refractivity contribution in [2.45, 2.75) is 85.0 Å². The highest BCUT2D eigenvalue weighted by Crippen LogP contribution is 2.68. The van der Waals surface area contributed by atoms with E-state index in [1.165, 1.54) is 26.4 Å². The molecule has 3 fully saturated rings. The lowest BCUT2D eigenvalue weighted by Crippen LogP contribution is -2.51. The third kappa shape index (κ3) is 3.29. The van der Waals surface area contributed by atoms with Gasteiger partial charge in [0, 0.05) is 25.7 Å². The Morgan fingerprint density at radius 1 is 1.21 bits per heavy atom. The van der Waals surface area contributed by atoms with E-state index >= 15 is 4.39 Å². The van der Waals surface area contributed by atoms with E-state index in [4.69, 9.17) is 4.74 Å². The van der Waals surface area contributed by atoms with Gasteiger partial charge in [-0.1, -0.05) is 20.8 Å². The zero-order valence-corrected chi connectivity index (χ0v) is 18.6. The van der Waals surface area contributed by atoms with Crippen LogP contribution in [0.2, 0.25) is 0 Å². The van der Waals surface area contributed by atoms with Crippen LogP contribution < -0.4 is 0 Å². The van der Waals surface area contributed by atoms with E-state index in [-0.39, 0.29) is 28.4 Å². The highest BCUT2D eigenvalue weighted by Gasteiger charge is 2.60. The quantitative estimate of drug-likeness (QED) is 0.538. The first kappa shape index (κ1) is 21.1. The van der Waals surface area contributed by atoms with Crippen LogP contribution in [0.1, 0.15) is 85.0 Å². The second-order valence-corrected chi connectivity index (χ2v) is 10.9. The first-order valence-electron chi connectivity index (χ1n) is 11.7. The lowest BCUT2D eigenvalue weighted by atomic mass is 9.47. The third-order valence-electron chi connectivity index (χ3n) is 9.78. The van der Waals surface area contributed by atoms with Crippen molar-refractivity contribution in [1.82, 2.24) is 0 Å². The van der Waals surface area contributed by atoms with Crippen LogP contribution in [0, 0.1) is 40.4 Å². The molecule has 0 spiro atoms. The van der Waals surface area contributed by atoms with Crippen LogP contribution in [-0.2, 0) is 14.3 Å². The van der Waals surface area contributed by atoms with Gasteiger partial charge in [0.15, 0.2) is 0 Å². The van der Waals surface area contributed by atoms with Crippen LogP contribution in [0.15, 0.2) is 11.4 Å². The predicted molar refractivity (Wildman–Crippen MR) is 111 cm³/mol. The molecular weight excluding hydrogens is 367 g/mol. The summed E-state index contributed by atoms with van der Waals surface area (Å²) in [7, 11) is 1.46. The molecule has 4 aliphatic rings. The minimum absolute atomic E-state index is 0.0354. The van der Waals surface area contributed by atoms with Gasteiger partial charge in [0.05, 0.1) is 7.11 Å². The van der Waals surface area contributed by atoms with Gasteiger partial charge < -0.3 is 4.74 Å². The Hall–Kier alpha value is -1.19. The van der Waals surface area contributed by atoms with Gasteiger partial charge in [-0.3, -0.25) is 9.59 Å². The molecule has 0 aromatic rings. The zero-order chi connectivity index (χ0) is 21.0. The number of ketones is 1. The van der Waals surface area contributed by atoms with Gasteiger partial charge in [0.1, 0.15) is 11.6 Å². The van der Waals surface area contributed by atoms with Gasteiger partial charge in [-0.25, -0.2) is 4.39 Å². The average molecular weight is 405 g/mol. The fraction of sp³-hybridized carbons (Fsp3) is 0.840. The molecule has 0 radical (unpaired) electrons. The number of hydrogen-bond donors (Lipinski definition) is 0. The van der Waals surface area contributed by atoms with Gasteiger partial charge in [0.2, 0.25) is 0 Å². The van der Waals surface area contributed by atoms with E-state index < -0.39 is 0 Å². The van der Waals surface area contributed by atoms with Gasteiger partial charge in [-0.15, -0.1) is 0 Å². The molecule has 4 aliphatic carbocycles. The third-order valence-corrected chi connectivity index (χ3v) is 9.78. The van der Waals surface area contributed by atoms with E-state index in [1.54, 1.807) is 0 Å². The molecular formula is C25H37FO3. The highest BCUT2D eigenvalue weighted by atomic mass is 19.1. The topological polar surface area (TPSA) is 43.4 Å². The van der Waals surface area contributed by atoms with Crippen molar-refractivity contribution in [3.05, 3.63) is 11.4 Å². The van der Waals surface area contributed by atoms with Crippen LogP contribution in [0.25, 0.3) is 0 Å². The second-order valence-electron chi connectivity index (χ2n) is 10.9. The number of fused-ring (bicyclic) bond motifs is 5.